The Balaban J connectivity index is 1.35. The number of rotatable bonds is 10. The number of carbonyl (C=O) groups excluding carboxylic acids is 1. The number of halogens is 1. The van der Waals surface area contributed by atoms with Crippen LogP contribution in [0, 0.1) is 5.82 Å². The number of ether oxygens (including phenoxy) is 1. The lowest BCUT2D eigenvalue weighted by Gasteiger charge is -2.12. The molecule has 4 rings (SSSR count). The van der Waals surface area contributed by atoms with Gasteiger partial charge in [0.2, 0.25) is 0 Å². The summed E-state index contributed by atoms with van der Waals surface area (Å²) < 4.78 is 21.2. The van der Waals surface area contributed by atoms with Crippen LogP contribution in [-0.2, 0) is 13.0 Å². The Hall–Kier alpha value is -3.67. The van der Waals surface area contributed by atoms with Crippen molar-refractivity contribution < 1.29 is 13.9 Å². The van der Waals surface area contributed by atoms with E-state index in [0.717, 1.165) is 35.6 Å². The van der Waals surface area contributed by atoms with Gasteiger partial charge in [0.15, 0.2) is 0 Å². The molecule has 34 heavy (non-hydrogen) atoms. The van der Waals surface area contributed by atoms with E-state index in [4.69, 9.17) is 9.72 Å². The lowest BCUT2D eigenvalue weighted by Crippen LogP contribution is -2.26. The Morgan fingerprint density at radius 1 is 1.03 bits per heavy atom. The molecule has 0 spiro atoms. The number of hydrogen-bond donors (Lipinski definition) is 1. The van der Waals surface area contributed by atoms with E-state index in [0.29, 0.717) is 31.1 Å². The molecule has 1 aromatic heterocycles. The van der Waals surface area contributed by atoms with Gasteiger partial charge in [-0.3, -0.25) is 4.79 Å². The largest absolute Gasteiger partial charge is 0.494 e. The van der Waals surface area contributed by atoms with Crippen LogP contribution in [0.5, 0.6) is 5.75 Å². The summed E-state index contributed by atoms with van der Waals surface area (Å²) in [7, 11) is 0. The molecular weight excluding hydrogens is 429 g/mol. The normalized spacial score (nSPS) is 11.2. The molecule has 6 heteroatoms. The van der Waals surface area contributed by atoms with E-state index in [-0.39, 0.29) is 11.7 Å². The number of benzene rings is 3. The summed E-state index contributed by atoms with van der Waals surface area (Å²) >= 11 is 0. The first-order chi connectivity index (χ1) is 16.5. The molecule has 0 aliphatic carbocycles. The second-order valence-electron chi connectivity index (χ2n) is 8.61. The van der Waals surface area contributed by atoms with Gasteiger partial charge in [-0.05, 0) is 66.4 Å². The average molecular weight is 460 g/mol. The van der Waals surface area contributed by atoms with Crippen LogP contribution in [0.1, 0.15) is 47.9 Å². The van der Waals surface area contributed by atoms with Crippen LogP contribution in [-0.4, -0.2) is 28.6 Å². The Bertz CT molecular complexity index is 1230. The number of aryl methyl sites for hydroxylation is 1. The molecule has 5 nitrogen and oxygen atoms in total. The molecule has 0 aliphatic heterocycles. The summed E-state index contributed by atoms with van der Waals surface area (Å²) in [6, 6.07) is 21.9. The van der Waals surface area contributed by atoms with Crippen LogP contribution in [0.25, 0.3) is 11.0 Å². The molecule has 0 fully saturated rings. The molecule has 0 saturated carbocycles. The highest BCUT2D eigenvalue weighted by Crippen LogP contribution is 2.20. The van der Waals surface area contributed by atoms with E-state index >= 15 is 0 Å². The summed E-state index contributed by atoms with van der Waals surface area (Å²) in [6.45, 7) is 6.17. The predicted molar refractivity (Wildman–Crippen MR) is 133 cm³/mol. The zero-order valence-corrected chi connectivity index (χ0v) is 19.6. The fourth-order valence-electron chi connectivity index (χ4n) is 3.92. The Labute approximate surface area is 199 Å². The first-order valence-corrected chi connectivity index (χ1v) is 11.7. The third-order valence-electron chi connectivity index (χ3n) is 5.82. The van der Waals surface area contributed by atoms with Gasteiger partial charge in [-0.1, -0.05) is 38.1 Å². The molecule has 1 heterocycles. The van der Waals surface area contributed by atoms with Crippen LogP contribution in [0.15, 0.2) is 72.8 Å². The molecule has 0 bridgehead atoms. The zero-order chi connectivity index (χ0) is 23.9. The van der Waals surface area contributed by atoms with Crippen molar-refractivity contribution in [2.75, 3.05) is 13.2 Å². The highest BCUT2D eigenvalue weighted by molar-refractivity contribution is 5.94. The molecule has 0 saturated heterocycles. The number of imidazole rings is 1. The molecule has 0 unspecified atom stereocenters. The SMILES string of the molecule is CC(C)c1ccc(OCCCn2c(CCNC(=O)c3ccc(F)cc3)nc3ccccc32)cc1. The van der Waals surface area contributed by atoms with Crippen LogP contribution in [0.2, 0.25) is 0 Å². The summed E-state index contributed by atoms with van der Waals surface area (Å²) in [6.07, 6.45) is 1.43. The van der Waals surface area contributed by atoms with E-state index in [2.05, 4.69) is 41.9 Å². The molecule has 1 amide bonds. The van der Waals surface area contributed by atoms with Crippen LogP contribution in [0.3, 0.4) is 0 Å². The van der Waals surface area contributed by atoms with Crippen molar-refractivity contribution in [1.82, 2.24) is 14.9 Å². The second kappa shape index (κ2) is 11.0. The van der Waals surface area contributed by atoms with Crippen LogP contribution < -0.4 is 10.1 Å². The van der Waals surface area contributed by atoms with E-state index < -0.39 is 0 Å². The average Bonchev–Trinajstić information content (AvgIpc) is 3.19. The van der Waals surface area contributed by atoms with Crippen molar-refractivity contribution in [3.05, 3.63) is 95.6 Å². The third kappa shape index (κ3) is 5.81. The quantitative estimate of drug-likeness (QED) is 0.308. The maximum atomic E-state index is 13.1. The molecule has 0 aliphatic rings. The molecule has 176 valence electrons. The van der Waals surface area contributed by atoms with Gasteiger partial charge >= 0.3 is 0 Å². The molecule has 1 N–H and O–H groups in total. The number of aromatic nitrogens is 2. The number of amides is 1. The van der Waals surface area contributed by atoms with Crippen molar-refractivity contribution in [2.24, 2.45) is 0 Å². The van der Waals surface area contributed by atoms with Gasteiger partial charge < -0.3 is 14.6 Å². The van der Waals surface area contributed by atoms with Crippen molar-refractivity contribution in [1.29, 1.82) is 0 Å². The summed E-state index contributed by atoms with van der Waals surface area (Å²) in [4.78, 5) is 17.1. The lowest BCUT2D eigenvalue weighted by molar-refractivity contribution is 0.0954. The van der Waals surface area contributed by atoms with Crippen LogP contribution in [0.4, 0.5) is 4.39 Å². The predicted octanol–water partition coefficient (Wildman–Crippen LogP) is 5.74. The monoisotopic (exact) mass is 459 g/mol. The zero-order valence-electron chi connectivity index (χ0n) is 19.6. The van der Waals surface area contributed by atoms with Gasteiger partial charge in [0.05, 0.1) is 17.6 Å². The summed E-state index contributed by atoms with van der Waals surface area (Å²) in [5.41, 5.74) is 3.75. The lowest BCUT2D eigenvalue weighted by atomic mass is 10.0. The highest BCUT2D eigenvalue weighted by Gasteiger charge is 2.12. The minimum absolute atomic E-state index is 0.223. The Morgan fingerprint density at radius 2 is 1.76 bits per heavy atom. The Morgan fingerprint density at radius 3 is 2.50 bits per heavy atom. The number of nitrogens with one attached hydrogen (secondary N) is 1. The molecule has 3 aromatic carbocycles. The maximum absolute atomic E-state index is 13.1. The first-order valence-electron chi connectivity index (χ1n) is 11.7. The van der Waals surface area contributed by atoms with Crippen molar-refractivity contribution in [2.45, 2.75) is 39.2 Å². The molecule has 0 radical (unpaired) electrons. The number of nitrogens with zero attached hydrogens (tertiary/aromatic N) is 2. The van der Waals surface area contributed by atoms with Gasteiger partial charge in [0.1, 0.15) is 17.4 Å². The fraction of sp³-hybridized carbons (Fsp3) is 0.286. The van der Waals surface area contributed by atoms with Crippen molar-refractivity contribution in [3.63, 3.8) is 0 Å². The van der Waals surface area contributed by atoms with Gasteiger partial charge in [0, 0.05) is 25.1 Å². The standard InChI is InChI=1S/C28H30FN3O2/c1-20(2)21-10-14-24(15-11-21)34-19-5-18-32-26-7-4-3-6-25(26)31-27(32)16-17-30-28(33)22-8-12-23(29)13-9-22/h3-4,6-15,20H,5,16-19H2,1-2H3,(H,30,33). The fourth-order valence-corrected chi connectivity index (χ4v) is 3.92. The summed E-state index contributed by atoms with van der Waals surface area (Å²) in [5.74, 6) is 1.72. The van der Waals surface area contributed by atoms with Crippen LogP contribution >= 0.6 is 0 Å². The molecule has 0 atom stereocenters. The van der Waals surface area contributed by atoms with E-state index in [1.165, 1.54) is 29.8 Å². The second-order valence-corrected chi connectivity index (χ2v) is 8.61. The van der Waals surface area contributed by atoms with Gasteiger partial charge in [-0.2, -0.15) is 0 Å². The molecular formula is C28H30FN3O2. The van der Waals surface area contributed by atoms with E-state index in [9.17, 15) is 9.18 Å². The highest BCUT2D eigenvalue weighted by atomic mass is 19.1. The topological polar surface area (TPSA) is 56.1 Å². The van der Waals surface area contributed by atoms with Crippen molar-refractivity contribution in [3.8, 4) is 5.75 Å². The van der Waals surface area contributed by atoms with E-state index in [1.54, 1.807) is 0 Å². The van der Waals surface area contributed by atoms with Crippen molar-refractivity contribution >= 4 is 16.9 Å². The van der Waals surface area contributed by atoms with Gasteiger partial charge in [0.25, 0.3) is 5.91 Å². The number of hydrogen-bond acceptors (Lipinski definition) is 3. The minimum atomic E-state index is -0.359. The van der Waals surface area contributed by atoms with E-state index in [1.807, 2.05) is 30.3 Å². The van der Waals surface area contributed by atoms with Gasteiger partial charge in [-0.15, -0.1) is 0 Å². The first kappa shape index (κ1) is 23.5. The Kier molecular flexibility index (Phi) is 7.58. The molecule has 4 aromatic rings. The smallest absolute Gasteiger partial charge is 0.251 e. The summed E-state index contributed by atoms with van der Waals surface area (Å²) in [5, 5.41) is 2.90. The number of para-hydroxylation sites is 2. The van der Waals surface area contributed by atoms with Gasteiger partial charge in [-0.25, -0.2) is 9.37 Å². The number of carbonyl (C=O) groups is 1. The third-order valence-corrected chi connectivity index (χ3v) is 5.82. The maximum Gasteiger partial charge on any atom is 0.251 e. The number of fused-ring (bicyclic) bond motifs is 1. The minimum Gasteiger partial charge on any atom is -0.494 e.